The van der Waals surface area contributed by atoms with Gasteiger partial charge in [-0.3, -0.25) is 0 Å². The van der Waals surface area contributed by atoms with E-state index in [2.05, 4.69) is 13.8 Å². The first-order valence-electron chi connectivity index (χ1n) is 4.14. The van der Waals surface area contributed by atoms with Crippen LogP contribution >= 0.6 is 12.2 Å². The fraction of sp³-hybridized carbons (Fsp3) is 0.667. The van der Waals surface area contributed by atoms with Crippen LogP contribution in [-0.2, 0) is 4.74 Å². The molecule has 0 aliphatic carbocycles. The van der Waals surface area contributed by atoms with Crippen molar-refractivity contribution in [3.63, 3.8) is 0 Å². The minimum Gasteiger partial charge on any atom is -0.491 e. The van der Waals surface area contributed by atoms with E-state index >= 15 is 0 Å². The number of rotatable bonds is 4. The van der Waals surface area contributed by atoms with E-state index in [0.717, 1.165) is 5.57 Å². The van der Waals surface area contributed by atoms with Gasteiger partial charge in [0.25, 0.3) is 0 Å². The molecule has 0 aromatic heterocycles. The van der Waals surface area contributed by atoms with Crippen molar-refractivity contribution in [2.75, 3.05) is 6.61 Å². The van der Waals surface area contributed by atoms with Gasteiger partial charge in [0.15, 0.2) is 5.76 Å². The molecule has 2 N–H and O–H groups in total. The molecule has 0 aromatic carbocycles. The quantitative estimate of drug-likeness (QED) is 0.416. The summed E-state index contributed by atoms with van der Waals surface area (Å²) < 4.78 is 5.34. The average Bonchev–Trinajstić information content (AvgIpc) is 1.98. The maximum atomic E-state index is 5.51. The van der Waals surface area contributed by atoms with E-state index in [1.165, 1.54) is 0 Å². The maximum Gasteiger partial charge on any atom is 0.152 e. The van der Waals surface area contributed by atoms with E-state index in [4.69, 9.17) is 22.7 Å². The van der Waals surface area contributed by atoms with Crippen LogP contribution in [0.2, 0.25) is 0 Å². The first-order chi connectivity index (χ1) is 5.50. The zero-order valence-electron chi connectivity index (χ0n) is 8.18. The highest BCUT2D eigenvalue weighted by molar-refractivity contribution is 7.80. The fourth-order valence-electron chi connectivity index (χ4n) is 0.786. The minimum absolute atomic E-state index is 0.350. The number of hydrogen-bond donors (Lipinski definition) is 1. The zero-order chi connectivity index (χ0) is 9.72. The molecule has 0 saturated carbocycles. The van der Waals surface area contributed by atoms with Crippen molar-refractivity contribution in [3.8, 4) is 0 Å². The van der Waals surface area contributed by atoms with Gasteiger partial charge in [0.05, 0.1) is 6.61 Å². The first kappa shape index (κ1) is 11.4. The van der Waals surface area contributed by atoms with Crippen LogP contribution < -0.4 is 5.73 Å². The van der Waals surface area contributed by atoms with E-state index in [1.54, 1.807) is 0 Å². The van der Waals surface area contributed by atoms with Crippen LogP contribution in [0.1, 0.15) is 27.7 Å². The predicted molar refractivity (Wildman–Crippen MR) is 55.9 cm³/mol. The third-order valence-corrected chi connectivity index (χ3v) is 1.92. The lowest BCUT2D eigenvalue weighted by Gasteiger charge is -2.13. The summed E-state index contributed by atoms with van der Waals surface area (Å²) in [5, 5.41) is 0. The van der Waals surface area contributed by atoms with Gasteiger partial charge in [-0.2, -0.15) is 0 Å². The second kappa shape index (κ2) is 5.14. The Labute approximate surface area is 79.8 Å². The molecule has 0 bridgehead atoms. The van der Waals surface area contributed by atoms with Crippen molar-refractivity contribution in [2.45, 2.75) is 27.7 Å². The van der Waals surface area contributed by atoms with Crippen LogP contribution in [-0.4, -0.2) is 11.6 Å². The highest BCUT2D eigenvalue weighted by atomic mass is 32.1. The van der Waals surface area contributed by atoms with Gasteiger partial charge in [0, 0.05) is 0 Å². The Morgan fingerprint density at radius 3 is 2.25 bits per heavy atom. The number of thiocarbonyl (C=S) groups is 1. The molecule has 3 heteroatoms. The Morgan fingerprint density at radius 1 is 1.50 bits per heavy atom. The Kier molecular flexibility index (Phi) is 4.90. The topological polar surface area (TPSA) is 35.2 Å². The Bertz CT molecular complexity index is 197. The Hall–Kier alpha value is -0.570. The predicted octanol–water partition coefficient (Wildman–Crippen LogP) is 2.24. The zero-order valence-corrected chi connectivity index (χ0v) is 8.99. The van der Waals surface area contributed by atoms with Crippen LogP contribution in [0.5, 0.6) is 0 Å². The van der Waals surface area contributed by atoms with Gasteiger partial charge in [0.1, 0.15) is 4.99 Å². The fourth-order valence-corrected chi connectivity index (χ4v) is 1.01. The monoisotopic (exact) mass is 187 g/mol. The smallest absolute Gasteiger partial charge is 0.152 e. The normalized spacial score (nSPS) is 12.8. The van der Waals surface area contributed by atoms with Crippen LogP contribution in [0.25, 0.3) is 0 Å². The van der Waals surface area contributed by atoms with E-state index < -0.39 is 0 Å². The van der Waals surface area contributed by atoms with E-state index in [0.29, 0.717) is 23.3 Å². The summed E-state index contributed by atoms with van der Waals surface area (Å²) in [7, 11) is 0. The summed E-state index contributed by atoms with van der Waals surface area (Å²) in [6.07, 6.45) is 0. The van der Waals surface area contributed by atoms with Crippen molar-refractivity contribution in [2.24, 2.45) is 11.7 Å². The molecule has 0 unspecified atom stereocenters. The molecule has 0 heterocycles. The third-order valence-electron chi connectivity index (χ3n) is 1.74. The Morgan fingerprint density at radius 2 is 2.00 bits per heavy atom. The summed E-state index contributed by atoms with van der Waals surface area (Å²) in [5.74, 6) is 1.11. The lowest BCUT2D eigenvalue weighted by Crippen LogP contribution is -2.17. The summed E-state index contributed by atoms with van der Waals surface area (Å²) in [6.45, 7) is 8.71. The molecule has 0 aromatic rings. The molecule has 0 aliphatic heterocycles. The van der Waals surface area contributed by atoms with Gasteiger partial charge < -0.3 is 10.5 Å². The molecule has 0 atom stereocenters. The van der Waals surface area contributed by atoms with Gasteiger partial charge in [0.2, 0.25) is 0 Å². The summed E-state index contributed by atoms with van der Waals surface area (Å²) in [6, 6.07) is 0. The van der Waals surface area contributed by atoms with Crippen molar-refractivity contribution in [1.29, 1.82) is 0 Å². The van der Waals surface area contributed by atoms with E-state index in [9.17, 15) is 0 Å². The largest absolute Gasteiger partial charge is 0.491 e. The molecule has 0 aliphatic rings. The van der Waals surface area contributed by atoms with Gasteiger partial charge in [-0.1, -0.05) is 26.1 Å². The maximum absolute atomic E-state index is 5.51. The van der Waals surface area contributed by atoms with Crippen LogP contribution in [0.4, 0.5) is 0 Å². The standard InChI is InChI=1S/C9H17NOS/c1-5-11-8(9(10)12)7(4)6(2)3/h6H,5H2,1-4H3,(H2,10,12). The van der Waals surface area contributed by atoms with Gasteiger partial charge in [-0.15, -0.1) is 0 Å². The van der Waals surface area contributed by atoms with Gasteiger partial charge in [-0.25, -0.2) is 0 Å². The van der Waals surface area contributed by atoms with Crippen molar-refractivity contribution in [1.82, 2.24) is 0 Å². The average molecular weight is 187 g/mol. The number of hydrogen-bond acceptors (Lipinski definition) is 2. The van der Waals surface area contributed by atoms with Crippen molar-refractivity contribution >= 4 is 17.2 Å². The van der Waals surface area contributed by atoms with Crippen LogP contribution in [0.3, 0.4) is 0 Å². The lowest BCUT2D eigenvalue weighted by atomic mass is 10.0. The lowest BCUT2D eigenvalue weighted by molar-refractivity contribution is 0.243. The SMILES string of the molecule is CCOC(C(N)=S)=C(C)C(C)C. The molecule has 0 saturated heterocycles. The minimum atomic E-state index is 0.350. The Balaban J connectivity index is 4.67. The van der Waals surface area contributed by atoms with E-state index in [-0.39, 0.29) is 0 Å². The summed E-state index contributed by atoms with van der Waals surface area (Å²) >= 11 is 4.87. The molecular formula is C9H17NOS. The van der Waals surface area contributed by atoms with Crippen LogP contribution in [0, 0.1) is 5.92 Å². The summed E-state index contributed by atoms with van der Waals surface area (Å²) in [4.78, 5) is 0.350. The van der Waals surface area contributed by atoms with Gasteiger partial charge in [-0.05, 0) is 25.3 Å². The number of nitrogens with two attached hydrogens (primary N) is 1. The molecule has 0 amide bonds. The molecule has 2 nitrogen and oxygen atoms in total. The molecule has 0 spiro atoms. The highest BCUT2D eigenvalue weighted by Crippen LogP contribution is 2.15. The van der Waals surface area contributed by atoms with Crippen molar-refractivity contribution < 1.29 is 4.74 Å². The number of allylic oxidation sites excluding steroid dienone is 1. The summed E-state index contributed by atoms with van der Waals surface area (Å²) in [5.41, 5.74) is 6.63. The molecule has 0 rings (SSSR count). The third kappa shape index (κ3) is 3.22. The van der Waals surface area contributed by atoms with Gasteiger partial charge >= 0.3 is 0 Å². The van der Waals surface area contributed by atoms with Crippen molar-refractivity contribution in [3.05, 3.63) is 11.3 Å². The van der Waals surface area contributed by atoms with Crippen LogP contribution in [0.15, 0.2) is 11.3 Å². The molecule has 0 fully saturated rings. The second-order valence-corrected chi connectivity index (χ2v) is 3.40. The molecular weight excluding hydrogens is 170 g/mol. The highest BCUT2D eigenvalue weighted by Gasteiger charge is 2.09. The van der Waals surface area contributed by atoms with E-state index in [1.807, 2.05) is 13.8 Å². The first-order valence-corrected chi connectivity index (χ1v) is 4.54. The number of ether oxygens (including phenoxy) is 1. The molecule has 0 radical (unpaired) electrons. The molecule has 70 valence electrons. The second-order valence-electron chi connectivity index (χ2n) is 2.96. The molecule has 12 heavy (non-hydrogen) atoms.